The van der Waals surface area contributed by atoms with Gasteiger partial charge < -0.3 is 15.4 Å². The van der Waals surface area contributed by atoms with Crippen molar-refractivity contribution in [2.24, 2.45) is 0 Å². The largest absolute Gasteiger partial charge is 0.378 e. The third kappa shape index (κ3) is 4.58. The van der Waals surface area contributed by atoms with Gasteiger partial charge in [-0.15, -0.1) is 0 Å². The van der Waals surface area contributed by atoms with Crippen LogP contribution in [0, 0.1) is 0 Å². The molecule has 1 aliphatic heterocycles. The predicted molar refractivity (Wildman–Crippen MR) is 55.1 cm³/mol. The van der Waals surface area contributed by atoms with E-state index in [2.05, 4.69) is 10.6 Å². The molecule has 2 N–H and O–H groups in total. The molecule has 1 heterocycles. The Labute approximate surface area is 85.4 Å². The number of nitrogens with one attached hydrogen (secondary N) is 2. The number of carbonyl (C=O) groups excluding carboxylic acids is 1. The Hall–Kier alpha value is -0.610. The van der Waals surface area contributed by atoms with Crippen LogP contribution >= 0.6 is 0 Å². The first kappa shape index (κ1) is 11.5. The van der Waals surface area contributed by atoms with Gasteiger partial charge in [-0.3, -0.25) is 4.79 Å². The Kier molecular flexibility index (Phi) is 5.56. The fraction of sp³-hybridized carbons (Fsp3) is 0.900. The number of ether oxygens (including phenoxy) is 1. The first-order chi connectivity index (χ1) is 6.83. The molecule has 1 saturated heterocycles. The van der Waals surface area contributed by atoms with Crippen LogP contribution in [0.25, 0.3) is 0 Å². The normalized spacial score (nSPS) is 21.1. The van der Waals surface area contributed by atoms with E-state index in [1.165, 1.54) is 6.42 Å². The molecule has 0 aromatic rings. The Balaban J connectivity index is 1.94. The second kappa shape index (κ2) is 6.79. The zero-order valence-corrected chi connectivity index (χ0v) is 8.84. The maximum Gasteiger partial charge on any atom is 0.221 e. The quantitative estimate of drug-likeness (QED) is 0.647. The van der Waals surface area contributed by atoms with Crippen molar-refractivity contribution in [1.29, 1.82) is 0 Å². The summed E-state index contributed by atoms with van der Waals surface area (Å²) in [5.74, 6) is 0.123. The molecule has 1 aliphatic rings. The molecule has 14 heavy (non-hydrogen) atoms. The molecule has 1 atom stereocenters. The van der Waals surface area contributed by atoms with Gasteiger partial charge in [0.1, 0.15) is 0 Å². The summed E-state index contributed by atoms with van der Waals surface area (Å²) in [7, 11) is 1.85. The standard InChI is InChI=1S/C10H20N2O2/c1-11-6-5-10(13)12-7-4-9-3-2-8-14-9/h9,11H,2-8H2,1H3,(H,12,13). The van der Waals surface area contributed by atoms with Gasteiger partial charge >= 0.3 is 0 Å². The first-order valence-corrected chi connectivity index (χ1v) is 5.36. The summed E-state index contributed by atoms with van der Waals surface area (Å²) >= 11 is 0. The van der Waals surface area contributed by atoms with Gasteiger partial charge in [0.05, 0.1) is 6.10 Å². The molecule has 4 nitrogen and oxygen atoms in total. The molecule has 82 valence electrons. The third-order valence-electron chi connectivity index (χ3n) is 2.41. The Bertz CT molecular complexity index is 168. The predicted octanol–water partition coefficient (Wildman–Crippen LogP) is 0.281. The van der Waals surface area contributed by atoms with E-state index in [-0.39, 0.29) is 5.91 Å². The summed E-state index contributed by atoms with van der Waals surface area (Å²) in [4.78, 5) is 11.2. The lowest BCUT2D eigenvalue weighted by Crippen LogP contribution is -2.29. The number of amides is 1. The molecule has 0 aliphatic carbocycles. The van der Waals surface area contributed by atoms with E-state index in [1.54, 1.807) is 0 Å². The Morgan fingerprint density at radius 2 is 2.36 bits per heavy atom. The van der Waals surface area contributed by atoms with Gasteiger partial charge in [0.15, 0.2) is 0 Å². The minimum Gasteiger partial charge on any atom is -0.378 e. The maximum absolute atomic E-state index is 11.2. The highest BCUT2D eigenvalue weighted by Gasteiger charge is 2.14. The van der Waals surface area contributed by atoms with E-state index in [1.807, 2.05) is 7.05 Å². The van der Waals surface area contributed by atoms with Crippen molar-refractivity contribution in [2.45, 2.75) is 31.8 Å². The monoisotopic (exact) mass is 200 g/mol. The van der Waals surface area contributed by atoms with Crippen LogP contribution in [0.3, 0.4) is 0 Å². The molecule has 0 bridgehead atoms. The highest BCUT2D eigenvalue weighted by Crippen LogP contribution is 2.14. The molecular weight excluding hydrogens is 180 g/mol. The molecule has 4 heteroatoms. The molecular formula is C10H20N2O2. The van der Waals surface area contributed by atoms with Crippen molar-refractivity contribution in [3.05, 3.63) is 0 Å². The van der Waals surface area contributed by atoms with Gasteiger partial charge in [0.25, 0.3) is 0 Å². The lowest BCUT2D eigenvalue weighted by atomic mass is 10.2. The SMILES string of the molecule is CNCCC(=O)NCCC1CCCO1. The number of hydrogen-bond donors (Lipinski definition) is 2. The summed E-state index contributed by atoms with van der Waals surface area (Å²) in [5.41, 5.74) is 0. The molecule has 0 aromatic heterocycles. The van der Waals surface area contributed by atoms with Gasteiger partial charge in [-0.25, -0.2) is 0 Å². The summed E-state index contributed by atoms with van der Waals surface area (Å²) in [5, 5.41) is 5.83. The van der Waals surface area contributed by atoms with E-state index >= 15 is 0 Å². The van der Waals surface area contributed by atoms with Crippen molar-refractivity contribution >= 4 is 5.91 Å². The highest BCUT2D eigenvalue weighted by molar-refractivity contribution is 5.75. The summed E-state index contributed by atoms with van der Waals surface area (Å²) in [6.45, 7) is 2.37. The summed E-state index contributed by atoms with van der Waals surface area (Å²) < 4.78 is 5.45. The van der Waals surface area contributed by atoms with Crippen LogP contribution in [-0.4, -0.2) is 38.8 Å². The number of hydrogen-bond acceptors (Lipinski definition) is 3. The number of rotatable bonds is 6. The molecule has 1 unspecified atom stereocenters. The molecule has 0 spiro atoms. The second-order valence-electron chi connectivity index (χ2n) is 3.63. The fourth-order valence-electron chi connectivity index (χ4n) is 1.57. The van der Waals surface area contributed by atoms with E-state index in [0.717, 1.165) is 32.5 Å². The second-order valence-corrected chi connectivity index (χ2v) is 3.63. The summed E-state index contributed by atoms with van der Waals surface area (Å²) in [6, 6.07) is 0. The van der Waals surface area contributed by atoms with Crippen LogP contribution in [0.4, 0.5) is 0 Å². The van der Waals surface area contributed by atoms with Crippen molar-refractivity contribution in [3.63, 3.8) is 0 Å². The molecule has 1 fully saturated rings. The maximum atomic E-state index is 11.2. The van der Waals surface area contributed by atoms with Gasteiger partial charge in [-0.05, 0) is 26.3 Å². The van der Waals surface area contributed by atoms with Crippen molar-refractivity contribution in [1.82, 2.24) is 10.6 Å². The smallest absolute Gasteiger partial charge is 0.221 e. The first-order valence-electron chi connectivity index (χ1n) is 5.36. The lowest BCUT2D eigenvalue weighted by molar-refractivity contribution is -0.121. The third-order valence-corrected chi connectivity index (χ3v) is 2.41. The van der Waals surface area contributed by atoms with Crippen LogP contribution in [-0.2, 0) is 9.53 Å². The van der Waals surface area contributed by atoms with Crippen LogP contribution in [0.15, 0.2) is 0 Å². The topological polar surface area (TPSA) is 50.4 Å². The molecule has 1 amide bonds. The van der Waals surface area contributed by atoms with E-state index < -0.39 is 0 Å². The van der Waals surface area contributed by atoms with Crippen molar-refractivity contribution < 1.29 is 9.53 Å². The van der Waals surface area contributed by atoms with E-state index in [4.69, 9.17) is 4.74 Å². The van der Waals surface area contributed by atoms with Gasteiger partial charge in [-0.2, -0.15) is 0 Å². The van der Waals surface area contributed by atoms with Crippen LogP contribution in [0.5, 0.6) is 0 Å². The van der Waals surface area contributed by atoms with Gasteiger partial charge in [0, 0.05) is 26.1 Å². The minimum absolute atomic E-state index is 0.123. The number of carbonyl (C=O) groups is 1. The average molecular weight is 200 g/mol. The molecule has 1 rings (SSSR count). The van der Waals surface area contributed by atoms with Crippen LogP contribution < -0.4 is 10.6 Å². The zero-order chi connectivity index (χ0) is 10.2. The van der Waals surface area contributed by atoms with E-state index in [0.29, 0.717) is 12.5 Å². The molecule has 0 radical (unpaired) electrons. The van der Waals surface area contributed by atoms with E-state index in [9.17, 15) is 4.79 Å². The Morgan fingerprint density at radius 3 is 3.00 bits per heavy atom. The van der Waals surface area contributed by atoms with Crippen molar-refractivity contribution in [2.75, 3.05) is 26.7 Å². The lowest BCUT2D eigenvalue weighted by Gasteiger charge is -2.09. The highest BCUT2D eigenvalue weighted by atomic mass is 16.5. The fourth-order valence-corrected chi connectivity index (χ4v) is 1.57. The summed E-state index contributed by atoms with van der Waals surface area (Å²) in [6.07, 6.45) is 4.19. The molecule has 0 aromatic carbocycles. The molecule has 0 saturated carbocycles. The average Bonchev–Trinajstić information content (AvgIpc) is 2.67. The van der Waals surface area contributed by atoms with Gasteiger partial charge in [0.2, 0.25) is 5.91 Å². The van der Waals surface area contributed by atoms with Gasteiger partial charge in [-0.1, -0.05) is 0 Å². The Morgan fingerprint density at radius 1 is 1.50 bits per heavy atom. The zero-order valence-electron chi connectivity index (χ0n) is 8.84. The minimum atomic E-state index is 0.123. The van der Waals surface area contributed by atoms with Crippen LogP contribution in [0.2, 0.25) is 0 Å². The van der Waals surface area contributed by atoms with Crippen molar-refractivity contribution in [3.8, 4) is 0 Å². The van der Waals surface area contributed by atoms with Crippen LogP contribution in [0.1, 0.15) is 25.7 Å².